The molecule has 1 atom stereocenters. The van der Waals surface area contributed by atoms with E-state index in [1.165, 1.54) is 0 Å². The molecule has 1 aromatic carbocycles. The maximum absolute atomic E-state index is 12.3. The van der Waals surface area contributed by atoms with E-state index in [2.05, 4.69) is 15.6 Å². The van der Waals surface area contributed by atoms with Crippen molar-refractivity contribution in [2.45, 2.75) is 32.4 Å². The van der Waals surface area contributed by atoms with Crippen LogP contribution in [0.3, 0.4) is 0 Å². The van der Waals surface area contributed by atoms with E-state index in [1.807, 2.05) is 18.2 Å². The molecule has 29 heavy (non-hydrogen) atoms. The summed E-state index contributed by atoms with van der Waals surface area (Å²) >= 11 is 0. The fraction of sp³-hybridized carbons (Fsp3) is 0.333. The normalized spacial score (nSPS) is 11.5. The molecule has 0 saturated heterocycles. The third-order valence-corrected chi connectivity index (χ3v) is 4.22. The molecule has 1 aromatic heterocycles. The lowest BCUT2D eigenvalue weighted by molar-refractivity contribution is -0.143. The van der Waals surface area contributed by atoms with E-state index in [4.69, 9.17) is 15.9 Å². The number of benzene rings is 1. The fourth-order valence-electron chi connectivity index (χ4n) is 2.72. The first-order chi connectivity index (χ1) is 14.0. The van der Waals surface area contributed by atoms with Gasteiger partial charge in [0.05, 0.1) is 19.1 Å². The lowest BCUT2D eigenvalue weighted by Crippen LogP contribution is -2.32. The number of aromatic nitrogens is 1. The second kappa shape index (κ2) is 11.6. The summed E-state index contributed by atoms with van der Waals surface area (Å²) in [5, 5.41) is 13.5. The zero-order valence-corrected chi connectivity index (χ0v) is 16.5. The Balaban J connectivity index is 1.81. The smallest absolute Gasteiger partial charge is 0.308 e. The number of pyridine rings is 1. The zero-order valence-electron chi connectivity index (χ0n) is 16.5. The Morgan fingerprint density at radius 2 is 2.00 bits per heavy atom. The van der Waals surface area contributed by atoms with Crippen molar-refractivity contribution in [2.24, 2.45) is 5.73 Å². The summed E-state index contributed by atoms with van der Waals surface area (Å²) in [5.74, 6) is -0.497. The largest absolute Gasteiger partial charge is 0.466 e. The van der Waals surface area contributed by atoms with Gasteiger partial charge in [-0.2, -0.15) is 0 Å². The molecule has 0 fully saturated rings. The molecule has 1 amide bonds. The van der Waals surface area contributed by atoms with Gasteiger partial charge in [-0.3, -0.25) is 20.0 Å². The van der Waals surface area contributed by atoms with Crippen molar-refractivity contribution in [3.8, 4) is 0 Å². The summed E-state index contributed by atoms with van der Waals surface area (Å²) in [6.45, 7) is 3.12. The van der Waals surface area contributed by atoms with Gasteiger partial charge in [-0.25, -0.2) is 0 Å². The van der Waals surface area contributed by atoms with Crippen molar-refractivity contribution in [2.75, 3.05) is 13.2 Å². The highest BCUT2D eigenvalue weighted by atomic mass is 16.5. The van der Waals surface area contributed by atoms with Gasteiger partial charge in [-0.15, -0.1) is 0 Å². The Bertz CT molecular complexity index is 809. The van der Waals surface area contributed by atoms with Crippen LogP contribution in [0.4, 0.5) is 0 Å². The van der Waals surface area contributed by atoms with E-state index in [-0.39, 0.29) is 30.6 Å². The minimum absolute atomic E-state index is 0.0344. The number of hydrogen-bond donors (Lipinski definition) is 4. The molecule has 0 aliphatic carbocycles. The molecule has 0 aliphatic heterocycles. The highest BCUT2D eigenvalue weighted by Crippen LogP contribution is 2.16. The Morgan fingerprint density at radius 3 is 2.62 bits per heavy atom. The number of hydrogen-bond acceptors (Lipinski definition) is 6. The molecule has 1 unspecified atom stereocenters. The first kappa shape index (κ1) is 22.0. The maximum atomic E-state index is 12.3. The van der Waals surface area contributed by atoms with Gasteiger partial charge in [0.2, 0.25) is 5.91 Å². The van der Waals surface area contributed by atoms with Crippen LogP contribution in [-0.4, -0.2) is 35.8 Å². The highest BCUT2D eigenvalue weighted by Gasteiger charge is 2.19. The Hall–Kier alpha value is -3.26. The molecule has 8 heteroatoms. The maximum Gasteiger partial charge on any atom is 0.308 e. The number of ether oxygens (including phenoxy) is 1. The van der Waals surface area contributed by atoms with Crippen molar-refractivity contribution in [1.29, 1.82) is 5.41 Å². The van der Waals surface area contributed by atoms with E-state index < -0.39 is 6.04 Å². The number of carbonyl (C=O) groups is 2. The first-order valence-corrected chi connectivity index (χ1v) is 9.48. The number of nitrogens with one attached hydrogen (secondary N) is 3. The number of nitrogens with two attached hydrogens (primary N) is 1. The van der Waals surface area contributed by atoms with Crippen molar-refractivity contribution in [3.63, 3.8) is 0 Å². The molecule has 1 heterocycles. The average molecular weight is 397 g/mol. The van der Waals surface area contributed by atoms with Crippen LogP contribution in [0.15, 0.2) is 48.8 Å². The summed E-state index contributed by atoms with van der Waals surface area (Å²) in [4.78, 5) is 28.3. The molecule has 154 valence electrons. The van der Waals surface area contributed by atoms with Crippen LogP contribution in [-0.2, 0) is 20.9 Å². The molecule has 0 saturated carbocycles. The summed E-state index contributed by atoms with van der Waals surface area (Å²) in [6.07, 6.45) is 3.60. The molecular formula is C21H27N5O3. The molecule has 0 radical (unpaired) electrons. The van der Waals surface area contributed by atoms with Crippen LogP contribution >= 0.6 is 0 Å². The quantitative estimate of drug-likeness (QED) is 0.197. The lowest BCUT2D eigenvalue weighted by Gasteiger charge is -2.18. The van der Waals surface area contributed by atoms with E-state index >= 15 is 0 Å². The van der Waals surface area contributed by atoms with Crippen LogP contribution in [0.5, 0.6) is 0 Å². The highest BCUT2D eigenvalue weighted by molar-refractivity contribution is 5.94. The zero-order chi connectivity index (χ0) is 21.1. The molecule has 2 rings (SSSR count). The predicted molar refractivity (Wildman–Crippen MR) is 110 cm³/mol. The second-order valence-electron chi connectivity index (χ2n) is 6.45. The van der Waals surface area contributed by atoms with Crippen LogP contribution in [0.2, 0.25) is 0 Å². The van der Waals surface area contributed by atoms with Crippen LogP contribution < -0.4 is 16.4 Å². The van der Waals surface area contributed by atoms with E-state index in [1.54, 1.807) is 37.5 Å². The molecule has 5 N–H and O–H groups in total. The van der Waals surface area contributed by atoms with Crippen LogP contribution in [0.1, 0.15) is 42.5 Å². The third-order valence-electron chi connectivity index (χ3n) is 4.22. The number of nitrogens with zero attached hydrogens (tertiary/aromatic N) is 1. The van der Waals surface area contributed by atoms with Gasteiger partial charge in [0, 0.05) is 37.5 Å². The number of amides is 1. The van der Waals surface area contributed by atoms with Gasteiger partial charge in [0.15, 0.2) is 0 Å². The third kappa shape index (κ3) is 7.71. The number of amidine groups is 1. The fourth-order valence-corrected chi connectivity index (χ4v) is 2.72. The molecular weight excluding hydrogens is 370 g/mol. The second-order valence-corrected chi connectivity index (χ2v) is 6.45. The van der Waals surface area contributed by atoms with Crippen LogP contribution in [0.25, 0.3) is 0 Å². The Labute approximate surface area is 170 Å². The summed E-state index contributed by atoms with van der Waals surface area (Å²) in [5.41, 5.74) is 7.90. The Kier molecular flexibility index (Phi) is 8.78. The van der Waals surface area contributed by atoms with Gasteiger partial charge >= 0.3 is 5.97 Å². The molecule has 0 spiro atoms. The predicted octanol–water partition coefficient (Wildman–Crippen LogP) is 1.66. The van der Waals surface area contributed by atoms with E-state index in [9.17, 15) is 9.59 Å². The monoisotopic (exact) mass is 397 g/mol. The number of nitrogen functional groups attached to an aromatic ring is 1. The van der Waals surface area contributed by atoms with Gasteiger partial charge in [0.25, 0.3) is 0 Å². The number of rotatable bonds is 11. The number of carbonyl (C=O) groups excluding carboxylic acids is 2. The molecule has 0 aliphatic rings. The van der Waals surface area contributed by atoms with Crippen molar-refractivity contribution in [1.82, 2.24) is 15.6 Å². The van der Waals surface area contributed by atoms with Gasteiger partial charge in [-0.05, 0) is 24.1 Å². The first-order valence-electron chi connectivity index (χ1n) is 9.48. The summed E-state index contributed by atoms with van der Waals surface area (Å²) in [6, 6.07) is 10.5. The minimum atomic E-state index is -0.477. The average Bonchev–Trinajstić information content (AvgIpc) is 2.72. The Morgan fingerprint density at radius 1 is 1.24 bits per heavy atom. The van der Waals surface area contributed by atoms with E-state index in [0.29, 0.717) is 25.3 Å². The van der Waals surface area contributed by atoms with Crippen molar-refractivity contribution < 1.29 is 14.3 Å². The topological polar surface area (TPSA) is 130 Å². The molecule has 8 nitrogen and oxygen atoms in total. The number of esters is 1. The van der Waals surface area contributed by atoms with Gasteiger partial charge in [-0.1, -0.05) is 30.3 Å². The standard InChI is InChI=1S/C21H27N5O3/c1-2-29-20(28)12-18(17-4-3-10-24-14-17)26-19(27)9-11-25-13-15-5-7-16(8-6-15)21(22)23/h3-8,10,14,18,25H,2,9,11-13H2,1H3,(H3,22,23)(H,26,27). The summed E-state index contributed by atoms with van der Waals surface area (Å²) in [7, 11) is 0. The van der Waals surface area contributed by atoms with Crippen molar-refractivity contribution >= 4 is 17.7 Å². The van der Waals surface area contributed by atoms with Crippen molar-refractivity contribution in [3.05, 3.63) is 65.5 Å². The minimum Gasteiger partial charge on any atom is -0.466 e. The lowest BCUT2D eigenvalue weighted by atomic mass is 10.1. The van der Waals surface area contributed by atoms with Gasteiger partial charge < -0.3 is 21.1 Å². The van der Waals surface area contributed by atoms with Gasteiger partial charge in [0.1, 0.15) is 5.84 Å². The van der Waals surface area contributed by atoms with Crippen LogP contribution in [0, 0.1) is 5.41 Å². The molecule has 0 bridgehead atoms. The SMILES string of the molecule is CCOC(=O)CC(NC(=O)CCNCc1ccc(C(=N)N)cc1)c1cccnc1. The molecule has 2 aromatic rings. The van der Waals surface area contributed by atoms with E-state index in [0.717, 1.165) is 11.1 Å². The summed E-state index contributed by atoms with van der Waals surface area (Å²) < 4.78 is 5.00.